The van der Waals surface area contributed by atoms with Crippen LogP contribution in [0.15, 0.2) is 71.0 Å². The fourth-order valence-electron chi connectivity index (χ4n) is 3.75. The van der Waals surface area contributed by atoms with E-state index in [0.29, 0.717) is 41.1 Å². The van der Waals surface area contributed by atoms with E-state index in [4.69, 9.17) is 5.73 Å². The number of fused-ring (bicyclic) bond motifs is 1. The van der Waals surface area contributed by atoms with E-state index < -0.39 is 11.6 Å². The Morgan fingerprint density at radius 3 is 2.57 bits per heavy atom. The first-order valence-corrected chi connectivity index (χ1v) is 9.51. The summed E-state index contributed by atoms with van der Waals surface area (Å²) in [5, 5.41) is 0.887. The van der Waals surface area contributed by atoms with Crippen molar-refractivity contribution in [2.24, 2.45) is 10.7 Å². The fourth-order valence-corrected chi connectivity index (χ4v) is 3.75. The molecule has 2 heterocycles. The van der Waals surface area contributed by atoms with Gasteiger partial charge in [-0.2, -0.15) is 0 Å². The van der Waals surface area contributed by atoms with Gasteiger partial charge in [0, 0.05) is 53.6 Å². The minimum atomic E-state index is -0.677. The monoisotopic (exact) mass is 406 g/mol. The third kappa shape index (κ3) is 3.78. The van der Waals surface area contributed by atoms with Gasteiger partial charge in [0.05, 0.1) is 17.8 Å². The number of nitrogens with zero attached hydrogens (tertiary/aromatic N) is 3. The molecule has 0 bridgehead atoms. The highest BCUT2D eigenvalue weighted by atomic mass is 19.1. The van der Waals surface area contributed by atoms with Crippen LogP contribution in [-0.4, -0.2) is 41.6 Å². The highest BCUT2D eigenvalue weighted by Crippen LogP contribution is 2.23. The number of pyridine rings is 1. The number of amides is 1. The molecule has 2 aromatic carbocycles. The van der Waals surface area contributed by atoms with Crippen molar-refractivity contribution in [3.63, 3.8) is 0 Å². The SMILES string of the molecule is CN=C(C1=C(N)CN(C(=O)c2ccc3ncccc3c2)CC1)c1cc(F)cc(F)c1. The topological polar surface area (TPSA) is 71.6 Å². The van der Waals surface area contributed by atoms with E-state index in [1.54, 1.807) is 24.2 Å². The number of benzene rings is 2. The van der Waals surface area contributed by atoms with Crippen LogP contribution in [0.4, 0.5) is 8.78 Å². The van der Waals surface area contributed by atoms with Crippen molar-refractivity contribution in [2.75, 3.05) is 20.1 Å². The Labute approximate surface area is 172 Å². The van der Waals surface area contributed by atoms with Crippen molar-refractivity contribution < 1.29 is 13.6 Å². The van der Waals surface area contributed by atoms with Crippen molar-refractivity contribution in [1.29, 1.82) is 0 Å². The highest BCUT2D eigenvalue weighted by Gasteiger charge is 2.25. The van der Waals surface area contributed by atoms with Gasteiger partial charge in [-0.1, -0.05) is 6.07 Å². The van der Waals surface area contributed by atoms with Crippen molar-refractivity contribution in [1.82, 2.24) is 9.88 Å². The molecule has 4 rings (SSSR count). The number of carbonyl (C=O) groups is 1. The zero-order valence-electron chi connectivity index (χ0n) is 16.4. The first kappa shape index (κ1) is 19.7. The summed E-state index contributed by atoms with van der Waals surface area (Å²) in [7, 11) is 1.55. The molecule has 0 atom stereocenters. The van der Waals surface area contributed by atoms with Gasteiger partial charge in [-0.05, 0) is 42.8 Å². The molecule has 1 aliphatic rings. The number of hydrogen-bond donors (Lipinski definition) is 1. The van der Waals surface area contributed by atoms with E-state index in [0.717, 1.165) is 17.0 Å². The minimum Gasteiger partial charge on any atom is -0.400 e. The summed E-state index contributed by atoms with van der Waals surface area (Å²) in [6, 6.07) is 12.4. The van der Waals surface area contributed by atoms with Gasteiger partial charge in [0.1, 0.15) is 11.6 Å². The van der Waals surface area contributed by atoms with Gasteiger partial charge in [-0.25, -0.2) is 8.78 Å². The van der Waals surface area contributed by atoms with Gasteiger partial charge in [0.25, 0.3) is 5.91 Å². The Morgan fingerprint density at radius 1 is 1.10 bits per heavy atom. The molecule has 0 aliphatic carbocycles. The lowest BCUT2D eigenvalue weighted by Crippen LogP contribution is -2.40. The number of halogens is 2. The molecule has 1 aromatic heterocycles. The average molecular weight is 406 g/mol. The second-order valence-electron chi connectivity index (χ2n) is 7.12. The number of aromatic nitrogens is 1. The number of hydrogen-bond acceptors (Lipinski definition) is 4. The summed E-state index contributed by atoms with van der Waals surface area (Å²) in [6.45, 7) is 0.646. The van der Waals surface area contributed by atoms with Crippen molar-refractivity contribution >= 4 is 22.5 Å². The molecule has 1 aliphatic heterocycles. The molecule has 0 saturated carbocycles. The summed E-state index contributed by atoms with van der Waals surface area (Å²) in [4.78, 5) is 23.1. The predicted octanol–water partition coefficient (Wildman–Crippen LogP) is 3.69. The minimum absolute atomic E-state index is 0.130. The lowest BCUT2D eigenvalue weighted by Gasteiger charge is -2.30. The molecule has 2 N–H and O–H groups in total. The van der Waals surface area contributed by atoms with Crippen LogP contribution in [0.5, 0.6) is 0 Å². The van der Waals surface area contributed by atoms with Crippen LogP contribution in [0, 0.1) is 11.6 Å². The maximum absolute atomic E-state index is 13.7. The molecular weight excluding hydrogens is 386 g/mol. The van der Waals surface area contributed by atoms with Gasteiger partial charge in [0.2, 0.25) is 0 Å². The van der Waals surface area contributed by atoms with E-state index in [1.165, 1.54) is 12.1 Å². The number of aliphatic imine (C=N–C) groups is 1. The first-order valence-electron chi connectivity index (χ1n) is 9.51. The van der Waals surface area contributed by atoms with Gasteiger partial charge >= 0.3 is 0 Å². The first-order chi connectivity index (χ1) is 14.5. The Kier molecular flexibility index (Phi) is 5.27. The molecule has 152 valence electrons. The third-order valence-corrected chi connectivity index (χ3v) is 5.16. The van der Waals surface area contributed by atoms with E-state index in [-0.39, 0.29) is 12.5 Å². The van der Waals surface area contributed by atoms with Crippen LogP contribution < -0.4 is 5.73 Å². The van der Waals surface area contributed by atoms with E-state index in [9.17, 15) is 13.6 Å². The summed E-state index contributed by atoms with van der Waals surface area (Å²) in [5.41, 5.74) is 9.58. The molecular formula is C23H20F2N4O. The molecule has 5 nitrogen and oxygen atoms in total. The van der Waals surface area contributed by atoms with E-state index >= 15 is 0 Å². The second-order valence-corrected chi connectivity index (χ2v) is 7.12. The summed E-state index contributed by atoms with van der Waals surface area (Å²) in [6.07, 6.45) is 2.15. The summed E-state index contributed by atoms with van der Waals surface area (Å²) in [5.74, 6) is -1.48. The van der Waals surface area contributed by atoms with Crippen molar-refractivity contribution in [3.8, 4) is 0 Å². The summed E-state index contributed by atoms with van der Waals surface area (Å²) >= 11 is 0. The molecule has 30 heavy (non-hydrogen) atoms. The largest absolute Gasteiger partial charge is 0.400 e. The molecule has 0 fully saturated rings. The normalized spacial score (nSPS) is 15.0. The zero-order chi connectivity index (χ0) is 21.3. The predicted molar refractivity (Wildman–Crippen MR) is 112 cm³/mol. The molecule has 0 unspecified atom stereocenters. The quantitative estimate of drug-likeness (QED) is 0.675. The molecule has 0 radical (unpaired) electrons. The van der Waals surface area contributed by atoms with Gasteiger partial charge < -0.3 is 10.6 Å². The third-order valence-electron chi connectivity index (χ3n) is 5.16. The van der Waals surface area contributed by atoms with Crippen molar-refractivity contribution in [3.05, 3.63) is 88.8 Å². The fraction of sp³-hybridized carbons (Fsp3) is 0.174. The average Bonchev–Trinajstić information content (AvgIpc) is 2.74. The number of nitrogens with two attached hydrogens (primary N) is 1. The lowest BCUT2D eigenvalue weighted by atomic mass is 9.94. The Hall–Kier alpha value is -3.61. The highest BCUT2D eigenvalue weighted by molar-refractivity contribution is 6.13. The smallest absolute Gasteiger partial charge is 0.254 e. The maximum Gasteiger partial charge on any atom is 0.254 e. The van der Waals surface area contributed by atoms with Crippen LogP contribution >= 0.6 is 0 Å². The molecule has 0 saturated heterocycles. The van der Waals surface area contributed by atoms with Crippen LogP contribution in [0.3, 0.4) is 0 Å². The van der Waals surface area contributed by atoms with Crippen LogP contribution in [0.1, 0.15) is 22.3 Å². The molecule has 7 heteroatoms. The van der Waals surface area contributed by atoms with Crippen LogP contribution in [0.25, 0.3) is 10.9 Å². The Morgan fingerprint density at radius 2 is 1.87 bits per heavy atom. The standard InChI is InChI=1S/C23H20F2N4O/c1-27-22(16-10-17(24)12-18(25)11-16)19-6-8-29(13-20(19)26)23(30)15-4-5-21-14(9-15)3-2-7-28-21/h2-5,7,9-12H,6,8,13,26H2,1H3. The lowest BCUT2D eigenvalue weighted by molar-refractivity contribution is 0.0764. The second kappa shape index (κ2) is 8.02. The van der Waals surface area contributed by atoms with Gasteiger partial charge in [-0.15, -0.1) is 0 Å². The molecule has 0 spiro atoms. The maximum atomic E-state index is 13.7. The Balaban J connectivity index is 1.59. The molecule has 3 aromatic rings. The van der Waals surface area contributed by atoms with Crippen molar-refractivity contribution in [2.45, 2.75) is 6.42 Å². The van der Waals surface area contributed by atoms with E-state index in [1.807, 2.05) is 24.3 Å². The van der Waals surface area contributed by atoms with Gasteiger partial charge in [0.15, 0.2) is 0 Å². The Bertz CT molecular complexity index is 1180. The van der Waals surface area contributed by atoms with Crippen LogP contribution in [-0.2, 0) is 0 Å². The zero-order valence-corrected chi connectivity index (χ0v) is 16.4. The number of carbonyl (C=O) groups excluding carboxylic acids is 1. The summed E-state index contributed by atoms with van der Waals surface area (Å²) < 4.78 is 27.3. The molecule has 1 amide bonds. The van der Waals surface area contributed by atoms with E-state index in [2.05, 4.69) is 9.98 Å². The van der Waals surface area contributed by atoms with Crippen LogP contribution in [0.2, 0.25) is 0 Å². The van der Waals surface area contributed by atoms with Gasteiger partial charge in [-0.3, -0.25) is 14.8 Å². The number of rotatable bonds is 3.